The molecule has 0 aromatic carbocycles. The molecule has 92 heavy (non-hydrogen) atoms. The number of phosphoric ester groups is 2. The molecule has 0 spiro atoms. The molecular formula is C73H142O17P2. The van der Waals surface area contributed by atoms with Gasteiger partial charge < -0.3 is 33.8 Å². The Labute approximate surface area is 562 Å². The first-order chi connectivity index (χ1) is 44.1. The number of ether oxygens (including phenoxy) is 4. The normalized spacial score (nSPS) is 14.5. The number of aliphatic hydroxyl groups is 1. The summed E-state index contributed by atoms with van der Waals surface area (Å²) in [7, 11) is -9.91. The quantitative estimate of drug-likeness (QED) is 0.0222. The van der Waals surface area contributed by atoms with Crippen LogP contribution >= 0.6 is 15.6 Å². The predicted octanol–water partition coefficient (Wildman–Crippen LogP) is 20.9. The largest absolute Gasteiger partial charge is 0.472 e. The molecule has 0 rings (SSSR count). The van der Waals surface area contributed by atoms with Crippen molar-refractivity contribution >= 4 is 39.5 Å². The van der Waals surface area contributed by atoms with Crippen LogP contribution in [0.25, 0.3) is 0 Å². The third kappa shape index (κ3) is 65.4. The Bertz CT molecular complexity index is 1820. The van der Waals surface area contributed by atoms with Gasteiger partial charge in [0.1, 0.15) is 19.3 Å². The van der Waals surface area contributed by atoms with Gasteiger partial charge >= 0.3 is 39.5 Å². The summed E-state index contributed by atoms with van der Waals surface area (Å²) in [4.78, 5) is 72.6. The van der Waals surface area contributed by atoms with Gasteiger partial charge in [0, 0.05) is 25.7 Å². The highest BCUT2D eigenvalue weighted by Gasteiger charge is 2.30. The number of esters is 4. The Balaban J connectivity index is 5.21. The van der Waals surface area contributed by atoms with Gasteiger partial charge in [0.15, 0.2) is 12.2 Å². The van der Waals surface area contributed by atoms with Gasteiger partial charge in [0.25, 0.3) is 0 Å². The molecule has 0 aliphatic carbocycles. The lowest BCUT2D eigenvalue weighted by molar-refractivity contribution is -0.161. The molecule has 0 aliphatic heterocycles. The molecule has 0 aromatic rings. The van der Waals surface area contributed by atoms with Gasteiger partial charge in [0.2, 0.25) is 0 Å². The molecule has 0 aromatic heterocycles. The van der Waals surface area contributed by atoms with Crippen molar-refractivity contribution in [3.05, 3.63) is 0 Å². The molecule has 3 unspecified atom stereocenters. The summed E-state index contributed by atoms with van der Waals surface area (Å²) in [6.45, 7) is 14.1. The van der Waals surface area contributed by atoms with Crippen LogP contribution in [-0.4, -0.2) is 96.7 Å². The van der Waals surface area contributed by atoms with E-state index in [1.165, 1.54) is 161 Å². The fourth-order valence-corrected chi connectivity index (χ4v) is 12.6. The fraction of sp³-hybridized carbons (Fsp3) is 0.945. The van der Waals surface area contributed by atoms with E-state index in [0.29, 0.717) is 31.6 Å². The van der Waals surface area contributed by atoms with Gasteiger partial charge in [-0.05, 0) is 49.4 Å². The summed E-state index contributed by atoms with van der Waals surface area (Å²) in [6, 6.07) is 0. The van der Waals surface area contributed by atoms with Gasteiger partial charge in [0.05, 0.1) is 26.4 Å². The van der Waals surface area contributed by atoms with E-state index in [2.05, 4.69) is 55.4 Å². The molecule has 0 saturated carbocycles. The SMILES string of the molecule is CCC(C)CCCCCCCCCCC(=O)O[C@H](COC(=O)CCCCCCCCCCCCCCCCCC(C)C)COP(=O)(O)OC[C@@H](O)COP(=O)(O)OC[C@@H](COC(=O)CCCCCCCCC(C)C)OC(=O)CCCCCCCCCCCCC(C)C. The predicted molar refractivity (Wildman–Crippen MR) is 372 cm³/mol. The van der Waals surface area contributed by atoms with E-state index in [1.54, 1.807) is 0 Å². The van der Waals surface area contributed by atoms with Gasteiger partial charge in [-0.25, -0.2) is 9.13 Å². The highest BCUT2D eigenvalue weighted by Crippen LogP contribution is 2.45. The number of hydrogen-bond acceptors (Lipinski definition) is 15. The Morgan fingerprint density at radius 2 is 0.522 bits per heavy atom. The minimum Gasteiger partial charge on any atom is -0.462 e. The van der Waals surface area contributed by atoms with Crippen LogP contribution < -0.4 is 0 Å². The third-order valence-corrected chi connectivity index (χ3v) is 19.1. The average molecular weight is 1350 g/mol. The minimum atomic E-state index is -4.95. The molecule has 0 bridgehead atoms. The molecule has 0 radical (unpaired) electrons. The number of carbonyl (C=O) groups is 4. The molecule has 0 fully saturated rings. The van der Waals surface area contributed by atoms with Crippen LogP contribution in [0.2, 0.25) is 0 Å². The Hall–Kier alpha value is -1.94. The molecule has 19 heteroatoms. The Morgan fingerprint density at radius 3 is 0.772 bits per heavy atom. The zero-order chi connectivity index (χ0) is 68.2. The standard InChI is InChI=1S/C73H142O17P2/c1-9-66(8)52-44-36-27-23-24-30-40-48-56-73(78)90-68(59-83-70(75)53-45-37-28-21-16-14-12-10-11-13-15-19-25-33-41-49-63(2)3)61-87-91(79,80)85-57-67(74)58-86-92(81,82)88-62-69(60-84-71(76)54-46-38-32-31-35-43-51-65(6)7)89-72(77)55-47-39-29-22-18-17-20-26-34-42-50-64(4)5/h63-69,74H,9-62H2,1-8H3,(H,79,80)(H,81,82)/t66?,67-,68-,69-/m1/s1. The van der Waals surface area contributed by atoms with Crippen LogP contribution in [0.4, 0.5) is 0 Å². The van der Waals surface area contributed by atoms with Gasteiger partial charge in [-0.15, -0.1) is 0 Å². The maximum atomic E-state index is 13.0. The summed E-state index contributed by atoms with van der Waals surface area (Å²) < 4.78 is 68.4. The second-order valence-corrected chi connectivity index (χ2v) is 30.9. The van der Waals surface area contributed by atoms with Gasteiger partial charge in [-0.3, -0.25) is 37.3 Å². The highest BCUT2D eigenvalue weighted by molar-refractivity contribution is 7.47. The summed E-state index contributed by atoms with van der Waals surface area (Å²) in [5.74, 6) is 0.879. The van der Waals surface area contributed by atoms with Crippen LogP contribution in [-0.2, 0) is 65.4 Å². The summed E-state index contributed by atoms with van der Waals surface area (Å²) >= 11 is 0. The van der Waals surface area contributed by atoms with E-state index >= 15 is 0 Å². The topological polar surface area (TPSA) is 237 Å². The van der Waals surface area contributed by atoms with Crippen molar-refractivity contribution in [3.63, 3.8) is 0 Å². The first kappa shape index (κ1) is 90.1. The number of carbonyl (C=O) groups excluding carboxylic acids is 4. The smallest absolute Gasteiger partial charge is 0.462 e. The van der Waals surface area contributed by atoms with E-state index in [9.17, 15) is 43.2 Å². The number of unbranched alkanes of at least 4 members (excludes halogenated alkanes) is 35. The summed E-state index contributed by atoms with van der Waals surface area (Å²) in [5.41, 5.74) is 0. The van der Waals surface area contributed by atoms with E-state index in [0.717, 1.165) is 114 Å². The van der Waals surface area contributed by atoms with Crippen molar-refractivity contribution in [2.75, 3.05) is 39.6 Å². The van der Waals surface area contributed by atoms with E-state index in [1.807, 2.05) is 0 Å². The van der Waals surface area contributed by atoms with Crippen molar-refractivity contribution in [3.8, 4) is 0 Å². The van der Waals surface area contributed by atoms with Crippen LogP contribution in [0, 0.1) is 23.7 Å². The van der Waals surface area contributed by atoms with Gasteiger partial charge in [-0.1, -0.05) is 312 Å². The molecular weight excluding hydrogens is 1210 g/mol. The maximum absolute atomic E-state index is 13.0. The van der Waals surface area contributed by atoms with Gasteiger partial charge in [-0.2, -0.15) is 0 Å². The van der Waals surface area contributed by atoms with Crippen LogP contribution in [0.15, 0.2) is 0 Å². The highest BCUT2D eigenvalue weighted by atomic mass is 31.2. The van der Waals surface area contributed by atoms with Crippen molar-refractivity contribution in [2.24, 2.45) is 23.7 Å². The van der Waals surface area contributed by atoms with Crippen molar-refractivity contribution in [1.29, 1.82) is 0 Å². The number of rotatable bonds is 70. The van der Waals surface area contributed by atoms with Crippen LogP contribution in [0.3, 0.4) is 0 Å². The van der Waals surface area contributed by atoms with Crippen molar-refractivity contribution in [2.45, 2.75) is 382 Å². The Morgan fingerprint density at radius 1 is 0.304 bits per heavy atom. The van der Waals surface area contributed by atoms with E-state index in [4.69, 9.17) is 37.0 Å². The lowest BCUT2D eigenvalue weighted by Gasteiger charge is -2.21. The van der Waals surface area contributed by atoms with Crippen molar-refractivity contribution < 1.29 is 80.2 Å². The zero-order valence-electron chi connectivity index (χ0n) is 60.2. The average Bonchev–Trinajstić information content (AvgIpc) is 2.16. The fourth-order valence-electron chi connectivity index (χ4n) is 11.0. The summed E-state index contributed by atoms with van der Waals surface area (Å²) in [5, 5.41) is 10.6. The molecule has 6 atom stereocenters. The van der Waals surface area contributed by atoms with Crippen LogP contribution in [0.5, 0.6) is 0 Å². The lowest BCUT2D eigenvalue weighted by atomic mass is 9.99. The molecule has 546 valence electrons. The molecule has 0 amide bonds. The van der Waals surface area contributed by atoms with Crippen LogP contribution in [0.1, 0.15) is 364 Å². The number of hydrogen-bond donors (Lipinski definition) is 3. The molecule has 17 nitrogen and oxygen atoms in total. The number of aliphatic hydroxyl groups excluding tert-OH is 1. The van der Waals surface area contributed by atoms with E-state index in [-0.39, 0.29) is 25.7 Å². The zero-order valence-corrected chi connectivity index (χ0v) is 62.0. The first-order valence-corrected chi connectivity index (χ1v) is 40.7. The summed E-state index contributed by atoms with van der Waals surface area (Å²) in [6.07, 6.45) is 46.0. The van der Waals surface area contributed by atoms with Crippen molar-refractivity contribution in [1.82, 2.24) is 0 Å². The minimum absolute atomic E-state index is 0.104. The molecule has 0 saturated heterocycles. The van der Waals surface area contributed by atoms with E-state index < -0.39 is 97.5 Å². The third-order valence-electron chi connectivity index (χ3n) is 17.2. The first-order valence-electron chi connectivity index (χ1n) is 37.7. The second-order valence-electron chi connectivity index (χ2n) is 28.0. The molecule has 0 aliphatic rings. The number of phosphoric acid groups is 2. The Kier molecular flexibility index (Phi) is 61.3. The maximum Gasteiger partial charge on any atom is 0.472 e. The molecule has 0 heterocycles. The molecule has 3 N–H and O–H groups in total. The lowest BCUT2D eigenvalue weighted by Crippen LogP contribution is -2.30. The second kappa shape index (κ2) is 62.6. The monoisotopic (exact) mass is 1350 g/mol.